The van der Waals surface area contributed by atoms with E-state index in [1.165, 1.54) is 30.6 Å². The number of nitrogen functional groups attached to an aromatic ring is 1. The highest BCUT2D eigenvalue weighted by Gasteiger charge is 2.32. The quantitative estimate of drug-likeness (QED) is 0.757. The molecule has 0 radical (unpaired) electrons. The second-order valence-corrected chi connectivity index (χ2v) is 4.46. The molecule has 0 fully saturated rings. The van der Waals surface area contributed by atoms with Gasteiger partial charge in [0.1, 0.15) is 5.82 Å². The fraction of sp³-hybridized carbons (Fsp3) is 0.154. The maximum Gasteiger partial charge on any atom is 0.253 e. The Morgan fingerprint density at radius 2 is 1.90 bits per heavy atom. The van der Waals surface area contributed by atoms with Crippen LogP contribution in [0.1, 0.15) is 12.5 Å². The SMILES string of the molecule is CC(O)(C(N)=O)c1ccc(-c2cnc(N)nc2)cc1F. The number of rotatable bonds is 3. The lowest BCUT2D eigenvalue weighted by Crippen LogP contribution is -2.38. The first-order chi connectivity index (χ1) is 9.32. The summed E-state index contributed by atoms with van der Waals surface area (Å²) >= 11 is 0. The van der Waals surface area contributed by atoms with E-state index in [2.05, 4.69) is 9.97 Å². The van der Waals surface area contributed by atoms with E-state index in [1.54, 1.807) is 0 Å². The molecule has 20 heavy (non-hydrogen) atoms. The summed E-state index contributed by atoms with van der Waals surface area (Å²) in [4.78, 5) is 18.7. The van der Waals surface area contributed by atoms with Crippen molar-refractivity contribution in [2.75, 3.05) is 5.73 Å². The number of amides is 1. The molecule has 7 heteroatoms. The van der Waals surface area contributed by atoms with Crippen LogP contribution >= 0.6 is 0 Å². The molecule has 1 aromatic heterocycles. The van der Waals surface area contributed by atoms with Crippen LogP contribution in [-0.4, -0.2) is 21.0 Å². The van der Waals surface area contributed by atoms with Crippen LogP contribution in [0.5, 0.6) is 0 Å². The number of nitrogens with two attached hydrogens (primary N) is 2. The number of carbonyl (C=O) groups is 1. The van der Waals surface area contributed by atoms with Crippen molar-refractivity contribution in [1.29, 1.82) is 0 Å². The number of nitrogens with zero attached hydrogens (tertiary/aromatic N) is 2. The first-order valence-electron chi connectivity index (χ1n) is 5.72. The molecule has 0 aliphatic rings. The summed E-state index contributed by atoms with van der Waals surface area (Å²) in [6.45, 7) is 1.14. The fourth-order valence-electron chi connectivity index (χ4n) is 1.71. The van der Waals surface area contributed by atoms with Gasteiger partial charge in [0.05, 0.1) is 0 Å². The minimum Gasteiger partial charge on any atom is -0.375 e. The van der Waals surface area contributed by atoms with Crippen LogP contribution < -0.4 is 11.5 Å². The predicted octanol–water partition coefficient (Wildman–Crippen LogP) is 0.558. The highest BCUT2D eigenvalue weighted by Crippen LogP contribution is 2.27. The Morgan fingerprint density at radius 3 is 2.40 bits per heavy atom. The zero-order valence-electron chi connectivity index (χ0n) is 10.7. The second-order valence-electron chi connectivity index (χ2n) is 4.46. The third-order valence-electron chi connectivity index (χ3n) is 2.98. The van der Waals surface area contributed by atoms with Gasteiger partial charge in [0.2, 0.25) is 5.95 Å². The van der Waals surface area contributed by atoms with Crippen LogP contribution in [0.25, 0.3) is 11.1 Å². The molecule has 2 aromatic rings. The zero-order chi connectivity index (χ0) is 14.9. The van der Waals surface area contributed by atoms with Gasteiger partial charge in [-0.3, -0.25) is 4.79 Å². The van der Waals surface area contributed by atoms with E-state index in [0.717, 1.165) is 6.92 Å². The first-order valence-corrected chi connectivity index (χ1v) is 5.72. The van der Waals surface area contributed by atoms with Gasteiger partial charge in [-0.1, -0.05) is 12.1 Å². The summed E-state index contributed by atoms with van der Waals surface area (Å²) in [5, 5.41) is 9.89. The Balaban J connectivity index is 2.45. The normalized spacial score (nSPS) is 13.8. The molecule has 0 aliphatic heterocycles. The summed E-state index contributed by atoms with van der Waals surface area (Å²) in [5.74, 6) is -1.66. The van der Waals surface area contributed by atoms with Gasteiger partial charge in [0.25, 0.3) is 5.91 Å². The third-order valence-corrected chi connectivity index (χ3v) is 2.98. The van der Waals surface area contributed by atoms with E-state index < -0.39 is 17.3 Å². The number of aliphatic hydroxyl groups is 1. The van der Waals surface area contributed by atoms with Crippen LogP contribution in [0.15, 0.2) is 30.6 Å². The minimum absolute atomic E-state index is 0.113. The lowest BCUT2D eigenvalue weighted by molar-refractivity contribution is -0.135. The van der Waals surface area contributed by atoms with E-state index in [4.69, 9.17) is 11.5 Å². The molecule has 0 aliphatic carbocycles. The Bertz CT molecular complexity index is 656. The fourth-order valence-corrected chi connectivity index (χ4v) is 1.71. The van der Waals surface area contributed by atoms with Crippen molar-refractivity contribution in [3.63, 3.8) is 0 Å². The number of halogens is 1. The average Bonchev–Trinajstić information content (AvgIpc) is 2.39. The molecule has 1 unspecified atom stereocenters. The number of carbonyl (C=O) groups excluding carboxylic acids is 1. The van der Waals surface area contributed by atoms with E-state index >= 15 is 0 Å². The monoisotopic (exact) mass is 276 g/mol. The standard InChI is InChI=1S/C13H13FN4O2/c1-13(20,11(15)19)9-3-2-7(4-10(9)14)8-5-17-12(16)18-6-8/h2-6,20H,1H3,(H2,15,19)(H2,16,17,18). The van der Waals surface area contributed by atoms with E-state index in [-0.39, 0.29) is 11.5 Å². The maximum absolute atomic E-state index is 14.0. The van der Waals surface area contributed by atoms with Crippen molar-refractivity contribution >= 4 is 11.9 Å². The molecule has 1 aromatic carbocycles. The minimum atomic E-state index is -2.07. The lowest BCUT2D eigenvalue weighted by Gasteiger charge is -2.20. The van der Waals surface area contributed by atoms with Crippen molar-refractivity contribution in [2.45, 2.75) is 12.5 Å². The lowest BCUT2D eigenvalue weighted by atomic mass is 9.93. The molecule has 0 saturated carbocycles. The van der Waals surface area contributed by atoms with Crippen LogP contribution in [0.3, 0.4) is 0 Å². The molecule has 0 bridgehead atoms. The highest BCUT2D eigenvalue weighted by atomic mass is 19.1. The average molecular weight is 276 g/mol. The molecule has 2 rings (SSSR count). The molecule has 0 spiro atoms. The Kier molecular flexibility index (Phi) is 3.37. The van der Waals surface area contributed by atoms with E-state index in [9.17, 15) is 14.3 Å². The first kappa shape index (κ1) is 13.9. The predicted molar refractivity (Wildman–Crippen MR) is 70.6 cm³/mol. The summed E-state index contributed by atoms with van der Waals surface area (Å²) in [7, 11) is 0. The highest BCUT2D eigenvalue weighted by molar-refractivity contribution is 5.84. The molecule has 5 N–H and O–H groups in total. The Hall–Kier alpha value is -2.54. The van der Waals surface area contributed by atoms with Crippen molar-refractivity contribution in [1.82, 2.24) is 9.97 Å². The molecule has 104 valence electrons. The number of benzene rings is 1. The summed E-state index contributed by atoms with van der Waals surface area (Å²) in [6.07, 6.45) is 2.89. The number of aromatic nitrogens is 2. The largest absolute Gasteiger partial charge is 0.375 e. The van der Waals surface area contributed by atoms with Gasteiger partial charge in [-0.05, 0) is 18.6 Å². The number of hydrogen-bond acceptors (Lipinski definition) is 5. The molecule has 1 amide bonds. The molecular weight excluding hydrogens is 263 g/mol. The van der Waals surface area contributed by atoms with Crippen LogP contribution in [0, 0.1) is 5.82 Å². The van der Waals surface area contributed by atoms with Gasteiger partial charge in [-0.2, -0.15) is 0 Å². The van der Waals surface area contributed by atoms with Gasteiger partial charge in [-0.15, -0.1) is 0 Å². The summed E-state index contributed by atoms with van der Waals surface area (Å²) < 4.78 is 14.0. The van der Waals surface area contributed by atoms with Crippen LogP contribution in [0.2, 0.25) is 0 Å². The van der Waals surface area contributed by atoms with Gasteiger partial charge >= 0.3 is 0 Å². The van der Waals surface area contributed by atoms with Gasteiger partial charge in [0, 0.05) is 23.5 Å². The molecule has 1 atom stereocenters. The van der Waals surface area contributed by atoms with Gasteiger partial charge in [0.15, 0.2) is 5.60 Å². The molecule has 1 heterocycles. The van der Waals surface area contributed by atoms with E-state index in [1.807, 2.05) is 0 Å². The zero-order valence-corrected chi connectivity index (χ0v) is 10.7. The third kappa shape index (κ3) is 2.43. The van der Waals surface area contributed by atoms with Crippen molar-refractivity contribution in [3.8, 4) is 11.1 Å². The van der Waals surface area contributed by atoms with Crippen LogP contribution in [-0.2, 0) is 10.4 Å². The summed E-state index contributed by atoms with van der Waals surface area (Å²) in [5.41, 5.74) is 9.21. The number of primary amides is 1. The number of anilines is 1. The van der Waals surface area contributed by atoms with E-state index in [0.29, 0.717) is 11.1 Å². The molecular formula is C13H13FN4O2. The van der Waals surface area contributed by atoms with Crippen molar-refractivity contribution < 1.29 is 14.3 Å². The smallest absolute Gasteiger partial charge is 0.253 e. The summed E-state index contributed by atoms with van der Waals surface area (Å²) in [6, 6.07) is 4.00. The second kappa shape index (κ2) is 4.86. The number of hydrogen-bond donors (Lipinski definition) is 3. The molecule has 6 nitrogen and oxygen atoms in total. The van der Waals surface area contributed by atoms with Crippen LogP contribution in [0.4, 0.5) is 10.3 Å². The van der Waals surface area contributed by atoms with Crippen molar-refractivity contribution in [2.24, 2.45) is 5.73 Å². The van der Waals surface area contributed by atoms with Crippen molar-refractivity contribution in [3.05, 3.63) is 42.0 Å². The van der Waals surface area contributed by atoms with Gasteiger partial charge < -0.3 is 16.6 Å². The topological polar surface area (TPSA) is 115 Å². The maximum atomic E-state index is 14.0. The Labute approximate surface area is 114 Å². The van der Waals surface area contributed by atoms with Gasteiger partial charge in [-0.25, -0.2) is 14.4 Å². The Morgan fingerprint density at radius 1 is 1.30 bits per heavy atom. The molecule has 0 saturated heterocycles.